The van der Waals surface area contributed by atoms with Gasteiger partial charge >= 0.3 is 5.69 Å². The van der Waals surface area contributed by atoms with Gasteiger partial charge in [-0.1, -0.05) is 23.5 Å². The van der Waals surface area contributed by atoms with Crippen molar-refractivity contribution in [1.29, 1.82) is 0 Å². The lowest BCUT2D eigenvalue weighted by Gasteiger charge is -2.03. The highest BCUT2D eigenvalue weighted by Crippen LogP contribution is 2.42. The first-order valence-electron chi connectivity index (χ1n) is 5.37. The molecule has 1 aromatic heterocycles. The van der Waals surface area contributed by atoms with Gasteiger partial charge in [0, 0.05) is 10.9 Å². The molecular weight excluding hydrogens is 273 g/mol. The minimum atomic E-state index is -0.846. The maximum Gasteiger partial charge on any atom is 0.323 e. The summed E-state index contributed by atoms with van der Waals surface area (Å²) in [6.07, 6.45) is -0.846. The summed E-state index contributed by atoms with van der Waals surface area (Å²) < 4.78 is 18.7. The van der Waals surface area contributed by atoms with E-state index in [0.717, 1.165) is 11.3 Å². The number of para-hydroxylation sites is 1. The average molecular weight is 283 g/mol. The second-order valence-electron chi connectivity index (χ2n) is 3.79. The monoisotopic (exact) mass is 283 g/mol. The van der Waals surface area contributed by atoms with Crippen LogP contribution in [0.5, 0.6) is 10.8 Å². The third-order valence-electron chi connectivity index (χ3n) is 2.35. The number of halogens is 1. The number of aliphatic hydroxyl groups is 1. The zero-order chi connectivity index (χ0) is 14.0. The fraction of sp³-hybridized carbons (Fsp3) is 0.167. The SMILES string of the molecule is C[C@@H](O)c1cc([N+](=O)[O-])c(Oc2ccccc2F)s1. The van der Waals surface area contributed by atoms with Crippen LogP contribution in [0.15, 0.2) is 30.3 Å². The molecule has 0 fully saturated rings. The topological polar surface area (TPSA) is 72.6 Å². The van der Waals surface area contributed by atoms with Gasteiger partial charge in [0.1, 0.15) is 0 Å². The van der Waals surface area contributed by atoms with Crippen LogP contribution in [-0.2, 0) is 0 Å². The van der Waals surface area contributed by atoms with Crippen molar-refractivity contribution in [3.8, 4) is 10.8 Å². The van der Waals surface area contributed by atoms with E-state index in [-0.39, 0.29) is 16.5 Å². The van der Waals surface area contributed by atoms with Crippen LogP contribution in [0.3, 0.4) is 0 Å². The van der Waals surface area contributed by atoms with Gasteiger partial charge in [-0.15, -0.1) is 0 Å². The van der Waals surface area contributed by atoms with Crippen LogP contribution in [0.1, 0.15) is 17.9 Å². The lowest BCUT2D eigenvalue weighted by Crippen LogP contribution is -1.91. The molecule has 1 aromatic carbocycles. The highest BCUT2D eigenvalue weighted by Gasteiger charge is 2.23. The van der Waals surface area contributed by atoms with Gasteiger partial charge in [0.25, 0.3) is 5.06 Å². The Hall–Kier alpha value is -1.99. The minimum absolute atomic E-state index is 0.0500. The molecule has 0 aliphatic carbocycles. The van der Waals surface area contributed by atoms with Crippen LogP contribution in [0.4, 0.5) is 10.1 Å². The number of benzene rings is 1. The molecule has 100 valence electrons. The van der Waals surface area contributed by atoms with Crippen molar-refractivity contribution in [2.24, 2.45) is 0 Å². The molecule has 0 aliphatic rings. The first-order chi connectivity index (χ1) is 8.99. The standard InChI is InChI=1S/C12H10FNO4S/c1-7(15)11-6-9(14(16)17)12(19-11)18-10-5-3-2-4-8(10)13/h2-7,15H,1H3/t7-/m1/s1. The third kappa shape index (κ3) is 2.88. The smallest absolute Gasteiger partial charge is 0.323 e. The maximum atomic E-state index is 13.4. The molecule has 0 saturated heterocycles. The number of nitro groups is 1. The van der Waals surface area contributed by atoms with E-state index < -0.39 is 16.8 Å². The van der Waals surface area contributed by atoms with E-state index >= 15 is 0 Å². The second-order valence-corrected chi connectivity index (χ2v) is 4.83. The zero-order valence-electron chi connectivity index (χ0n) is 9.87. The molecule has 2 aromatic rings. The molecule has 0 saturated carbocycles. The summed E-state index contributed by atoms with van der Waals surface area (Å²) in [5.74, 6) is -0.701. The van der Waals surface area contributed by atoms with E-state index in [9.17, 15) is 19.6 Å². The number of nitrogens with zero attached hydrogens (tertiary/aromatic N) is 1. The van der Waals surface area contributed by atoms with Gasteiger partial charge in [-0.2, -0.15) is 0 Å². The molecule has 1 heterocycles. The van der Waals surface area contributed by atoms with E-state index in [2.05, 4.69) is 0 Å². The van der Waals surface area contributed by atoms with E-state index in [1.54, 1.807) is 6.07 Å². The Kier molecular flexibility index (Phi) is 3.77. The molecule has 0 unspecified atom stereocenters. The molecule has 0 bridgehead atoms. The van der Waals surface area contributed by atoms with Crippen LogP contribution < -0.4 is 4.74 Å². The number of hydrogen-bond acceptors (Lipinski definition) is 5. The predicted octanol–water partition coefficient (Wildman–Crippen LogP) is 3.64. The van der Waals surface area contributed by atoms with Crippen LogP contribution in [0.25, 0.3) is 0 Å². The Bertz CT molecular complexity index is 612. The normalized spacial score (nSPS) is 12.2. The predicted molar refractivity (Wildman–Crippen MR) is 68.1 cm³/mol. The quantitative estimate of drug-likeness (QED) is 0.686. The zero-order valence-corrected chi connectivity index (χ0v) is 10.7. The van der Waals surface area contributed by atoms with E-state index in [1.807, 2.05) is 0 Å². The lowest BCUT2D eigenvalue weighted by molar-refractivity contribution is -0.385. The number of aliphatic hydroxyl groups excluding tert-OH is 1. The van der Waals surface area contributed by atoms with E-state index in [4.69, 9.17) is 4.74 Å². The second kappa shape index (κ2) is 5.33. The molecule has 0 amide bonds. The van der Waals surface area contributed by atoms with Gasteiger partial charge in [-0.25, -0.2) is 4.39 Å². The van der Waals surface area contributed by atoms with Crippen molar-refractivity contribution in [2.45, 2.75) is 13.0 Å². The third-order valence-corrected chi connectivity index (χ3v) is 3.52. The molecule has 1 atom stereocenters. The van der Waals surface area contributed by atoms with Crippen molar-refractivity contribution in [3.05, 3.63) is 51.1 Å². The summed E-state index contributed by atoms with van der Waals surface area (Å²) in [6.45, 7) is 1.49. The van der Waals surface area contributed by atoms with Crippen LogP contribution >= 0.6 is 11.3 Å². The van der Waals surface area contributed by atoms with Gasteiger partial charge in [-0.05, 0) is 19.1 Å². The minimum Gasteiger partial charge on any atom is -0.437 e. The van der Waals surface area contributed by atoms with Gasteiger partial charge in [0.05, 0.1) is 11.0 Å². The molecular formula is C12H10FNO4S. The van der Waals surface area contributed by atoms with Gasteiger partial charge in [0.2, 0.25) is 0 Å². The van der Waals surface area contributed by atoms with Crippen molar-refractivity contribution in [1.82, 2.24) is 0 Å². The average Bonchev–Trinajstić information content (AvgIpc) is 2.76. The molecule has 19 heavy (non-hydrogen) atoms. The number of hydrogen-bond donors (Lipinski definition) is 1. The van der Waals surface area contributed by atoms with Gasteiger partial charge in [0.15, 0.2) is 11.6 Å². The van der Waals surface area contributed by atoms with Gasteiger partial charge in [-0.3, -0.25) is 10.1 Å². The maximum absolute atomic E-state index is 13.4. The first kappa shape index (κ1) is 13.4. The van der Waals surface area contributed by atoms with Crippen LogP contribution in [0, 0.1) is 15.9 Å². The van der Waals surface area contributed by atoms with E-state index in [0.29, 0.717) is 4.88 Å². The fourth-order valence-corrected chi connectivity index (χ4v) is 2.34. The summed E-state index contributed by atoms with van der Waals surface area (Å²) in [5, 5.41) is 20.3. The molecule has 7 heteroatoms. The Labute approximate surface area is 112 Å². The summed E-state index contributed by atoms with van der Waals surface area (Å²) in [7, 11) is 0. The molecule has 5 nitrogen and oxygen atoms in total. The Morgan fingerprint density at radius 2 is 2.16 bits per heavy atom. The first-order valence-corrected chi connectivity index (χ1v) is 6.19. The van der Waals surface area contributed by atoms with Crippen molar-refractivity contribution in [3.63, 3.8) is 0 Å². The number of rotatable bonds is 4. The Balaban J connectivity index is 2.39. The molecule has 2 rings (SSSR count). The summed E-state index contributed by atoms with van der Waals surface area (Å²) in [4.78, 5) is 10.7. The lowest BCUT2D eigenvalue weighted by atomic mass is 10.3. The summed E-state index contributed by atoms with van der Waals surface area (Å²) >= 11 is 0.919. The fourth-order valence-electron chi connectivity index (χ4n) is 1.42. The molecule has 0 aliphatic heterocycles. The van der Waals surface area contributed by atoms with Crippen LogP contribution in [0.2, 0.25) is 0 Å². The Morgan fingerprint density at radius 3 is 2.74 bits per heavy atom. The Morgan fingerprint density at radius 1 is 1.47 bits per heavy atom. The molecule has 0 spiro atoms. The van der Waals surface area contributed by atoms with Crippen molar-refractivity contribution < 1.29 is 19.2 Å². The largest absolute Gasteiger partial charge is 0.437 e. The van der Waals surface area contributed by atoms with Crippen molar-refractivity contribution >= 4 is 17.0 Å². The summed E-state index contributed by atoms with van der Waals surface area (Å²) in [5.41, 5.74) is -0.288. The van der Waals surface area contributed by atoms with Crippen molar-refractivity contribution in [2.75, 3.05) is 0 Å². The molecule has 1 N–H and O–H groups in total. The van der Waals surface area contributed by atoms with Gasteiger partial charge < -0.3 is 9.84 Å². The summed E-state index contributed by atoms with van der Waals surface area (Å²) in [6, 6.07) is 6.86. The van der Waals surface area contributed by atoms with Crippen LogP contribution in [-0.4, -0.2) is 10.0 Å². The highest BCUT2D eigenvalue weighted by molar-refractivity contribution is 7.14. The molecule has 0 radical (unpaired) electrons. The van der Waals surface area contributed by atoms with E-state index in [1.165, 1.54) is 31.2 Å². The number of thiophene rings is 1. The number of ether oxygens (including phenoxy) is 1. The highest BCUT2D eigenvalue weighted by atomic mass is 32.1.